The summed E-state index contributed by atoms with van der Waals surface area (Å²) >= 11 is 0. The quantitative estimate of drug-likeness (QED) is 0.420. The third kappa shape index (κ3) is 4.64. The number of pyridine rings is 1. The molecule has 31 heavy (non-hydrogen) atoms. The summed E-state index contributed by atoms with van der Waals surface area (Å²) in [6, 6.07) is 29.1. The van der Waals surface area contributed by atoms with Crippen LogP contribution < -0.4 is 10.9 Å². The molecule has 0 aliphatic carbocycles. The number of benzene rings is 3. The number of hydrogen-bond donors (Lipinski definition) is 2. The molecule has 0 unspecified atom stereocenters. The van der Waals surface area contributed by atoms with Crippen molar-refractivity contribution < 1.29 is 4.79 Å². The zero-order valence-electron chi connectivity index (χ0n) is 17.6. The highest BCUT2D eigenvalue weighted by atomic mass is 16.2. The maximum Gasteiger partial charge on any atom is 0.261 e. The van der Waals surface area contributed by atoms with E-state index in [1.165, 1.54) is 5.56 Å². The minimum Gasteiger partial charge on any atom is -0.322 e. The standard InChI is InChI=1S/C27H24N2O2/c1-18(2)19-12-14-23(15-13-19)28-26(30)24-16-17-25(29-27(24)31)22-10-8-21(9-11-22)20-6-4-3-5-7-20/h3-18H,1-2H3,(H,28,30)(H,29,31). The summed E-state index contributed by atoms with van der Waals surface area (Å²) in [5.41, 5.74) is 5.31. The number of H-pyrrole nitrogens is 1. The lowest BCUT2D eigenvalue weighted by molar-refractivity contribution is 0.102. The van der Waals surface area contributed by atoms with E-state index < -0.39 is 11.5 Å². The molecule has 154 valence electrons. The molecule has 0 spiro atoms. The summed E-state index contributed by atoms with van der Waals surface area (Å²) in [7, 11) is 0. The van der Waals surface area contributed by atoms with Crippen LogP contribution in [0.3, 0.4) is 0 Å². The Morgan fingerprint density at radius 3 is 1.97 bits per heavy atom. The number of anilines is 1. The first-order valence-corrected chi connectivity index (χ1v) is 10.3. The van der Waals surface area contributed by atoms with Gasteiger partial charge < -0.3 is 10.3 Å². The topological polar surface area (TPSA) is 62.0 Å². The second kappa shape index (κ2) is 8.84. The molecule has 1 aromatic heterocycles. The van der Waals surface area contributed by atoms with Crippen molar-refractivity contribution in [1.82, 2.24) is 4.98 Å². The fraction of sp³-hybridized carbons (Fsp3) is 0.111. The van der Waals surface area contributed by atoms with Crippen molar-refractivity contribution in [3.8, 4) is 22.4 Å². The summed E-state index contributed by atoms with van der Waals surface area (Å²) < 4.78 is 0. The lowest BCUT2D eigenvalue weighted by Gasteiger charge is -2.09. The molecule has 0 atom stereocenters. The summed E-state index contributed by atoms with van der Waals surface area (Å²) in [5.74, 6) is -0.00794. The van der Waals surface area contributed by atoms with Crippen LogP contribution in [0, 0.1) is 0 Å². The molecule has 0 saturated carbocycles. The van der Waals surface area contributed by atoms with E-state index in [9.17, 15) is 9.59 Å². The highest BCUT2D eigenvalue weighted by Crippen LogP contribution is 2.23. The van der Waals surface area contributed by atoms with Crippen molar-refractivity contribution in [3.05, 3.63) is 112 Å². The zero-order chi connectivity index (χ0) is 21.8. The summed E-state index contributed by atoms with van der Waals surface area (Å²) in [6.45, 7) is 4.23. The van der Waals surface area contributed by atoms with Crippen molar-refractivity contribution in [3.63, 3.8) is 0 Å². The highest BCUT2D eigenvalue weighted by molar-refractivity contribution is 6.04. The molecule has 3 aromatic carbocycles. The number of carbonyl (C=O) groups is 1. The van der Waals surface area contributed by atoms with Gasteiger partial charge in [-0.05, 0) is 52.4 Å². The van der Waals surface area contributed by atoms with Gasteiger partial charge in [-0.3, -0.25) is 9.59 Å². The van der Waals surface area contributed by atoms with Crippen LogP contribution >= 0.6 is 0 Å². The first kappa shape index (κ1) is 20.4. The van der Waals surface area contributed by atoms with E-state index in [4.69, 9.17) is 0 Å². The first-order valence-electron chi connectivity index (χ1n) is 10.3. The molecule has 4 nitrogen and oxygen atoms in total. The third-order valence-electron chi connectivity index (χ3n) is 5.29. The zero-order valence-corrected chi connectivity index (χ0v) is 17.6. The average Bonchev–Trinajstić information content (AvgIpc) is 2.80. The average molecular weight is 409 g/mol. The molecule has 2 N–H and O–H groups in total. The predicted octanol–water partition coefficient (Wildman–Crippen LogP) is 6.08. The molecule has 4 rings (SSSR count). The molecule has 1 heterocycles. The van der Waals surface area contributed by atoms with Crippen molar-refractivity contribution >= 4 is 11.6 Å². The van der Waals surface area contributed by atoms with Gasteiger partial charge in [-0.2, -0.15) is 0 Å². The third-order valence-corrected chi connectivity index (χ3v) is 5.29. The van der Waals surface area contributed by atoms with E-state index >= 15 is 0 Å². The largest absolute Gasteiger partial charge is 0.322 e. The molecule has 4 aromatic rings. The molecule has 4 heteroatoms. The molecule has 0 bridgehead atoms. The van der Waals surface area contributed by atoms with Crippen molar-refractivity contribution in [1.29, 1.82) is 0 Å². The van der Waals surface area contributed by atoms with Crippen LogP contribution in [0.25, 0.3) is 22.4 Å². The van der Waals surface area contributed by atoms with Gasteiger partial charge in [-0.1, -0.05) is 80.6 Å². The number of aromatic amines is 1. The van der Waals surface area contributed by atoms with Gasteiger partial charge in [0.15, 0.2) is 0 Å². The summed E-state index contributed by atoms with van der Waals surface area (Å²) in [5, 5.41) is 2.79. The second-order valence-electron chi connectivity index (χ2n) is 7.79. The fourth-order valence-electron chi connectivity index (χ4n) is 3.44. The molecular weight excluding hydrogens is 384 g/mol. The number of nitrogens with one attached hydrogen (secondary N) is 2. The van der Waals surface area contributed by atoms with Gasteiger partial charge in [-0.25, -0.2) is 0 Å². The Kier molecular flexibility index (Phi) is 5.80. The van der Waals surface area contributed by atoms with Gasteiger partial charge in [-0.15, -0.1) is 0 Å². The number of amides is 1. The molecule has 1 amide bonds. The summed E-state index contributed by atoms with van der Waals surface area (Å²) in [6.07, 6.45) is 0. The Morgan fingerprint density at radius 2 is 1.35 bits per heavy atom. The Balaban J connectivity index is 1.51. The van der Waals surface area contributed by atoms with Crippen molar-refractivity contribution in [2.75, 3.05) is 5.32 Å². The van der Waals surface area contributed by atoms with Crippen molar-refractivity contribution in [2.24, 2.45) is 0 Å². The van der Waals surface area contributed by atoms with Gasteiger partial charge in [0.2, 0.25) is 0 Å². The Bertz CT molecular complexity index is 1240. The SMILES string of the molecule is CC(C)c1ccc(NC(=O)c2ccc(-c3ccc(-c4ccccc4)cc3)[nH]c2=O)cc1. The van der Waals surface area contributed by atoms with Crippen LogP contribution in [0.5, 0.6) is 0 Å². The highest BCUT2D eigenvalue weighted by Gasteiger charge is 2.12. The van der Waals surface area contributed by atoms with Crippen LogP contribution in [0.1, 0.15) is 35.7 Å². The molecular formula is C27H24N2O2. The van der Waals surface area contributed by atoms with E-state index in [0.717, 1.165) is 16.7 Å². The predicted molar refractivity (Wildman–Crippen MR) is 126 cm³/mol. The minimum absolute atomic E-state index is 0.0811. The van der Waals surface area contributed by atoms with E-state index in [1.54, 1.807) is 12.1 Å². The van der Waals surface area contributed by atoms with Gasteiger partial charge in [0, 0.05) is 11.4 Å². The van der Waals surface area contributed by atoms with Gasteiger partial charge in [0.1, 0.15) is 5.56 Å². The van der Waals surface area contributed by atoms with Crippen LogP contribution in [0.15, 0.2) is 95.8 Å². The Hall–Kier alpha value is -3.92. The number of rotatable bonds is 5. The van der Waals surface area contributed by atoms with Crippen LogP contribution in [0.4, 0.5) is 5.69 Å². The Labute approximate surface area is 181 Å². The number of carbonyl (C=O) groups excluding carboxylic acids is 1. The lowest BCUT2D eigenvalue weighted by Crippen LogP contribution is -2.23. The van der Waals surface area contributed by atoms with E-state index in [1.807, 2.05) is 66.7 Å². The first-order chi connectivity index (χ1) is 15.0. The van der Waals surface area contributed by atoms with E-state index in [2.05, 4.69) is 36.3 Å². The Morgan fingerprint density at radius 1 is 0.742 bits per heavy atom. The van der Waals surface area contributed by atoms with Gasteiger partial charge in [0.25, 0.3) is 11.5 Å². The van der Waals surface area contributed by atoms with Crippen LogP contribution in [-0.4, -0.2) is 10.9 Å². The maximum atomic E-state index is 12.6. The number of aromatic nitrogens is 1. The smallest absolute Gasteiger partial charge is 0.261 e. The molecule has 0 radical (unpaired) electrons. The molecule has 0 fully saturated rings. The van der Waals surface area contributed by atoms with Crippen LogP contribution in [-0.2, 0) is 0 Å². The normalized spacial score (nSPS) is 10.8. The fourth-order valence-corrected chi connectivity index (χ4v) is 3.44. The minimum atomic E-state index is -0.426. The monoisotopic (exact) mass is 408 g/mol. The second-order valence-corrected chi connectivity index (χ2v) is 7.79. The number of hydrogen-bond acceptors (Lipinski definition) is 2. The molecule has 0 aliphatic rings. The lowest BCUT2D eigenvalue weighted by atomic mass is 10.0. The summed E-state index contributed by atoms with van der Waals surface area (Å²) in [4.78, 5) is 28.0. The molecule has 0 saturated heterocycles. The van der Waals surface area contributed by atoms with Crippen molar-refractivity contribution in [2.45, 2.75) is 19.8 Å². The van der Waals surface area contributed by atoms with Gasteiger partial charge >= 0.3 is 0 Å². The van der Waals surface area contributed by atoms with E-state index in [0.29, 0.717) is 17.3 Å². The van der Waals surface area contributed by atoms with Gasteiger partial charge in [0.05, 0.1) is 0 Å². The van der Waals surface area contributed by atoms with E-state index in [-0.39, 0.29) is 5.56 Å². The maximum absolute atomic E-state index is 12.6. The van der Waals surface area contributed by atoms with Crippen LogP contribution in [0.2, 0.25) is 0 Å². The molecule has 0 aliphatic heterocycles.